The van der Waals surface area contributed by atoms with Crippen LogP contribution in [-0.2, 0) is 11.3 Å². The normalized spacial score (nSPS) is 11.0. The molecule has 1 amide bonds. The van der Waals surface area contributed by atoms with E-state index in [2.05, 4.69) is 19.9 Å². The van der Waals surface area contributed by atoms with E-state index in [9.17, 15) is 4.79 Å². The van der Waals surface area contributed by atoms with Crippen molar-refractivity contribution in [1.82, 2.24) is 19.9 Å². The van der Waals surface area contributed by atoms with Crippen molar-refractivity contribution >= 4 is 39.4 Å². The summed E-state index contributed by atoms with van der Waals surface area (Å²) in [7, 11) is 0. The number of pyridine rings is 1. The van der Waals surface area contributed by atoms with Crippen molar-refractivity contribution in [3.05, 3.63) is 66.1 Å². The number of benzene rings is 2. The number of aromatic nitrogens is 3. The molecule has 0 bridgehead atoms. The summed E-state index contributed by atoms with van der Waals surface area (Å²) in [6.45, 7) is 1.28. The molecule has 0 unspecified atom stereocenters. The monoisotopic (exact) mass is 394 g/mol. The van der Waals surface area contributed by atoms with E-state index in [1.165, 1.54) is 0 Å². The Hall–Kier alpha value is -3.12. The average Bonchev–Trinajstić information content (AvgIpc) is 3.14. The van der Waals surface area contributed by atoms with E-state index in [0.29, 0.717) is 22.8 Å². The van der Waals surface area contributed by atoms with Gasteiger partial charge in [-0.1, -0.05) is 23.7 Å². The maximum absolute atomic E-state index is 12.1. The second kappa shape index (κ2) is 8.27. The number of aryl methyl sites for hydroxylation is 1. The minimum atomic E-state index is -0.172. The molecular weight excluding hydrogens is 376 g/mol. The first kappa shape index (κ1) is 18.3. The molecule has 0 atom stereocenters. The summed E-state index contributed by atoms with van der Waals surface area (Å²) >= 11 is 6.17. The number of nitrogens with zero attached hydrogens (tertiary/aromatic N) is 3. The molecular formula is C21H19ClN4O2. The predicted molar refractivity (Wildman–Crippen MR) is 110 cm³/mol. The first-order valence-corrected chi connectivity index (χ1v) is 9.43. The number of carbonyl (C=O) groups is 1. The van der Waals surface area contributed by atoms with Crippen molar-refractivity contribution in [2.75, 3.05) is 13.2 Å². The molecule has 0 aliphatic heterocycles. The number of carbonyl (C=O) groups excluding carboxylic acids is 1. The van der Waals surface area contributed by atoms with Crippen LogP contribution in [0.2, 0.25) is 5.02 Å². The van der Waals surface area contributed by atoms with Crippen molar-refractivity contribution in [2.45, 2.75) is 13.0 Å². The SMILES string of the molecule is O=C(COc1ccc(Cl)c2cccnc12)NCCCn1cnc2ccccc21. The van der Waals surface area contributed by atoms with Gasteiger partial charge in [-0.25, -0.2) is 4.98 Å². The topological polar surface area (TPSA) is 69.0 Å². The van der Waals surface area contributed by atoms with Crippen LogP contribution in [0.1, 0.15) is 6.42 Å². The molecule has 1 N–H and O–H groups in total. The summed E-state index contributed by atoms with van der Waals surface area (Å²) in [4.78, 5) is 20.8. The summed E-state index contributed by atoms with van der Waals surface area (Å²) in [6.07, 6.45) is 4.30. The number of rotatable bonds is 7. The molecule has 0 saturated heterocycles. The Bertz CT molecular complexity index is 1130. The number of hydrogen-bond acceptors (Lipinski definition) is 4. The highest BCUT2D eigenvalue weighted by Crippen LogP contribution is 2.29. The lowest BCUT2D eigenvalue weighted by atomic mass is 10.2. The standard InChI is InChI=1S/C21H19ClN4O2/c22-16-8-9-19(21-15(16)5-3-10-24-21)28-13-20(27)23-11-4-12-26-14-25-17-6-1-2-7-18(17)26/h1-3,5-10,14H,4,11-13H2,(H,23,27). The van der Waals surface area contributed by atoms with Gasteiger partial charge in [0, 0.05) is 24.7 Å². The zero-order valence-electron chi connectivity index (χ0n) is 15.1. The number of fused-ring (bicyclic) bond motifs is 2. The minimum absolute atomic E-state index is 0.0681. The zero-order chi connectivity index (χ0) is 19.3. The number of imidazole rings is 1. The maximum atomic E-state index is 12.1. The van der Waals surface area contributed by atoms with Crippen LogP contribution < -0.4 is 10.1 Å². The molecule has 0 spiro atoms. The number of halogens is 1. The van der Waals surface area contributed by atoms with Gasteiger partial charge in [0.15, 0.2) is 6.61 Å². The van der Waals surface area contributed by atoms with Crippen molar-refractivity contribution < 1.29 is 9.53 Å². The van der Waals surface area contributed by atoms with E-state index in [1.807, 2.05) is 42.7 Å². The highest BCUT2D eigenvalue weighted by Gasteiger charge is 2.09. The Labute approximate surface area is 167 Å². The molecule has 4 aromatic rings. The van der Waals surface area contributed by atoms with Crippen LogP contribution in [0, 0.1) is 0 Å². The Kier molecular flexibility index (Phi) is 5.39. The molecule has 2 aromatic carbocycles. The van der Waals surface area contributed by atoms with Crippen LogP contribution in [0.3, 0.4) is 0 Å². The third-order valence-corrected chi connectivity index (χ3v) is 4.79. The molecule has 4 rings (SSSR count). The Balaban J connectivity index is 1.27. The lowest BCUT2D eigenvalue weighted by Gasteiger charge is -2.10. The molecule has 0 aliphatic rings. The fraction of sp³-hybridized carbons (Fsp3) is 0.190. The van der Waals surface area contributed by atoms with Crippen LogP contribution in [0.25, 0.3) is 21.9 Å². The minimum Gasteiger partial charge on any atom is -0.481 e. The van der Waals surface area contributed by atoms with E-state index < -0.39 is 0 Å². The first-order chi connectivity index (χ1) is 13.7. The second-order valence-corrected chi connectivity index (χ2v) is 6.77. The van der Waals surface area contributed by atoms with Crippen molar-refractivity contribution in [1.29, 1.82) is 0 Å². The van der Waals surface area contributed by atoms with Gasteiger partial charge in [0.2, 0.25) is 0 Å². The Morgan fingerprint density at radius 1 is 1.11 bits per heavy atom. The smallest absolute Gasteiger partial charge is 0.257 e. The van der Waals surface area contributed by atoms with Crippen LogP contribution in [0.5, 0.6) is 5.75 Å². The van der Waals surface area contributed by atoms with Gasteiger partial charge >= 0.3 is 0 Å². The fourth-order valence-corrected chi connectivity index (χ4v) is 3.30. The zero-order valence-corrected chi connectivity index (χ0v) is 15.9. The molecule has 28 heavy (non-hydrogen) atoms. The van der Waals surface area contributed by atoms with Gasteiger partial charge in [-0.15, -0.1) is 0 Å². The summed E-state index contributed by atoms with van der Waals surface area (Å²) in [6, 6.07) is 15.2. The Morgan fingerprint density at radius 3 is 2.93 bits per heavy atom. The lowest BCUT2D eigenvalue weighted by molar-refractivity contribution is -0.123. The third-order valence-electron chi connectivity index (χ3n) is 4.46. The highest BCUT2D eigenvalue weighted by molar-refractivity contribution is 6.35. The van der Waals surface area contributed by atoms with Gasteiger partial charge in [0.05, 0.1) is 22.4 Å². The van der Waals surface area contributed by atoms with Crippen molar-refractivity contribution in [3.63, 3.8) is 0 Å². The molecule has 0 radical (unpaired) electrons. The van der Waals surface area contributed by atoms with Crippen LogP contribution >= 0.6 is 11.6 Å². The number of ether oxygens (including phenoxy) is 1. The summed E-state index contributed by atoms with van der Waals surface area (Å²) in [5.74, 6) is 0.370. The summed E-state index contributed by atoms with van der Waals surface area (Å²) in [5, 5.41) is 4.28. The largest absolute Gasteiger partial charge is 0.481 e. The number of nitrogens with one attached hydrogen (secondary N) is 1. The van der Waals surface area contributed by atoms with E-state index >= 15 is 0 Å². The second-order valence-electron chi connectivity index (χ2n) is 6.36. The highest BCUT2D eigenvalue weighted by atomic mass is 35.5. The van der Waals surface area contributed by atoms with E-state index in [1.54, 1.807) is 18.3 Å². The number of hydrogen-bond donors (Lipinski definition) is 1. The van der Waals surface area contributed by atoms with Gasteiger partial charge in [-0.2, -0.15) is 0 Å². The molecule has 0 saturated carbocycles. The quantitative estimate of drug-likeness (QED) is 0.484. The van der Waals surface area contributed by atoms with E-state index in [0.717, 1.165) is 29.4 Å². The van der Waals surface area contributed by atoms with E-state index in [4.69, 9.17) is 16.3 Å². The van der Waals surface area contributed by atoms with E-state index in [-0.39, 0.29) is 12.5 Å². The Morgan fingerprint density at radius 2 is 2.00 bits per heavy atom. The average molecular weight is 395 g/mol. The van der Waals surface area contributed by atoms with Crippen molar-refractivity contribution in [3.8, 4) is 5.75 Å². The molecule has 7 heteroatoms. The first-order valence-electron chi connectivity index (χ1n) is 9.05. The van der Waals surface area contributed by atoms with Crippen LogP contribution in [0.15, 0.2) is 61.1 Å². The molecule has 2 aromatic heterocycles. The molecule has 142 valence electrons. The number of para-hydroxylation sites is 2. The van der Waals surface area contributed by atoms with Crippen LogP contribution in [-0.4, -0.2) is 33.6 Å². The molecule has 0 aliphatic carbocycles. The lowest BCUT2D eigenvalue weighted by Crippen LogP contribution is -2.30. The van der Waals surface area contributed by atoms with Gasteiger partial charge in [0.1, 0.15) is 11.3 Å². The molecule has 2 heterocycles. The third kappa shape index (κ3) is 3.92. The van der Waals surface area contributed by atoms with Gasteiger partial charge < -0.3 is 14.6 Å². The molecule has 0 fully saturated rings. The van der Waals surface area contributed by atoms with Gasteiger partial charge in [0.25, 0.3) is 5.91 Å². The van der Waals surface area contributed by atoms with Gasteiger partial charge in [-0.3, -0.25) is 9.78 Å². The molecule has 6 nitrogen and oxygen atoms in total. The van der Waals surface area contributed by atoms with Gasteiger partial charge in [-0.05, 0) is 42.8 Å². The number of amides is 1. The fourth-order valence-electron chi connectivity index (χ4n) is 3.09. The maximum Gasteiger partial charge on any atom is 0.257 e. The van der Waals surface area contributed by atoms with Crippen molar-refractivity contribution in [2.24, 2.45) is 0 Å². The summed E-state index contributed by atoms with van der Waals surface area (Å²) in [5.41, 5.74) is 2.72. The van der Waals surface area contributed by atoms with Crippen LogP contribution in [0.4, 0.5) is 0 Å². The summed E-state index contributed by atoms with van der Waals surface area (Å²) < 4.78 is 7.74. The predicted octanol–water partition coefficient (Wildman–Crippen LogP) is 3.82.